The SMILES string of the molecule is Cc1ccnc(NS(=O)(=O)c2ccc(NC(=O)C3CCCN(S(=O)(=O)Cc4ccc(Cl)cc4Cl)C3)cc2)n1. The lowest BCUT2D eigenvalue weighted by Gasteiger charge is -2.31. The summed E-state index contributed by atoms with van der Waals surface area (Å²) in [6.45, 7) is 2.06. The summed E-state index contributed by atoms with van der Waals surface area (Å²) in [5.41, 5.74) is 1.42. The van der Waals surface area contributed by atoms with Crippen LogP contribution in [0.25, 0.3) is 0 Å². The molecule has 1 aromatic heterocycles. The first-order valence-electron chi connectivity index (χ1n) is 11.6. The molecule has 38 heavy (non-hydrogen) atoms. The van der Waals surface area contributed by atoms with Gasteiger partial charge in [-0.25, -0.2) is 35.8 Å². The van der Waals surface area contributed by atoms with Crippen molar-refractivity contribution in [3.63, 3.8) is 0 Å². The highest BCUT2D eigenvalue weighted by atomic mass is 35.5. The summed E-state index contributed by atoms with van der Waals surface area (Å²) in [6, 6.07) is 11.9. The highest BCUT2D eigenvalue weighted by molar-refractivity contribution is 7.92. The molecular formula is C24H25Cl2N5O5S2. The first-order valence-corrected chi connectivity index (χ1v) is 15.4. The van der Waals surface area contributed by atoms with Crippen LogP contribution in [0.1, 0.15) is 24.1 Å². The molecule has 0 saturated carbocycles. The predicted octanol–water partition coefficient (Wildman–Crippen LogP) is 4.07. The van der Waals surface area contributed by atoms with Gasteiger partial charge >= 0.3 is 0 Å². The molecule has 1 atom stereocenters. The molecule has 1 saturated heterocycles. The third-order valence-electron chi connectivity index (χ3n) is 5.95. The number of nitrogens with one attached hydrogen (secondary N) is 2. The van der Waals surface area contributed by atoms with Gasteiger partial charge in [0.25, 0.3) is 10.0 Å². The highest BCUT2D eigenvalue weighted by Crippen LogP contribution is 2.27. The number of aromatic nitrogens is 2. The second kappa shape index (κ2) is 11.5. The molecular weight excluding hydrogens is 573 g/mol. The van der Waals surface area contributed by atoms with Gasteiger partial charge in [-0.1, -0.05) is 29.3 Å². The summed E-state index contributed by atoms with van der Waals surface area (Å²) in [4.78, 5) is 20.8. The van der Waals surface area contributed by atoms with Crippen molar-refractivity contribution < 1.29 is 21.6 Å². The van der Waals surface area contributed by atoms with E-state index in [-0.39, 0.29) is 34.1 Å². The number of amides is 1. The summed E-state index contributed by atoms with van der Waals surface area (Å²) in [6.07, 6.45) is 2.49. The average molecular weight is 599 g/mol. The molecule has 1 amide bonds. The monoisotopic (exact) mass is 597 g/mol. The van der Waals surface area contributed by atoms with E-state index in [9.17, 15) is 21.6 Å². The molecule has 10 nitrogen and oxygen atoms in total. The van der Waals surface area contributed by atoms with Crippen LogP contribution in [0.4, 0.5) is 11.6 Å². The molecule has 202 valence electrons. The Morgan fingerprint density at radius 3 is 2.50 bits per heavy atom. The molecule has 2 heterocycles. The van der Waals surface area contributed by atoms with Crippen molar-refractivity contribution in [2.75, 3.05) is 23.1 Å². The summed E-state index contributed by atoms with van der Waals surface area (Å²) in [7, 11) is -7.65. The third kappa shape index (κ3) is 7.00. The number of carbonyl (C=O) groups is 1. The van der Waals surface area contributed by atoms with Gasteiger partial charge in [-0.15, -0.1) is 0 Å². The zero-order chi connectivity index (χ0) is 27.5. The maximum Gasteiger partial charge on any atom is 0.264 e. The van der Waals surface area contributed by atoms with Crippen molar-refractivity contribution in [3.05, 3.63) is 76.0 Å². The van der Waals surface area contributed by atoms with E-state index >= 15 is 0 Å². The lowest BCUT2D eigenvalue weighted by atomic mass is 9.99. The van der Waals surface area contributed by atoms with Crippen LogP contribution >= 0.6 is 23.2 Å². The number of hydrogen-bond donors (Lipinski definition) is 2. The van der Waals surface area contributed by atoms with Crippen LogP contribution in [0.3, 0.4) is 0 Å². The Bertz CT molecular complexity index is 1550. The van der Waals surface area contributed by atoms with E-state index in [0.29, 0.717) is 41.4 Å². The Balaban J connectivity index is 1.39. The first-order chi connectivity index (χ1) is 17.9. The molecule has 4 rings (SSSR count). The lowest BCUT2D eigenvalue weighted by molar-refractivity contribution is -0.120. The van der Waals surface area contributed by atoms with Crippen molar-refractivity contribution in [1.29, 1.82) is 0 Å². The number of carbonyl (C=O) groups excluding carboxylic acids is 1. The first kappa shape index (κ1) is 28.2. The summed E-state index contributed by atoms with van der Waals surface area (Å²) in [5, 5.41) is 3.42. The van der Waals surface area contributed by atoms with Crippen molar-refractivity contribution in [1.82, 2.24) is 14.3 Å². The smallest absolute Gasteiger partial charge is 0.264 e. The van der Waals surface area contributed by atoms with Gasteiger partial charge in [0, 0.05) is 40.7 Å². The fraction of sp³-hybridized carbons (Fsp3) is 0.292. The number of piperidine rings is 1. The largest absolute Gasteiger partial charge is 0.326 e. The van der Waals surface area contributed by atoms with Crippen LogP contribution in [0.15, 0.2) is 59.6 Å². The number of anilines is 2. The van der Waals surface area contributed by atoms with Crippen molar-refractivity contribution in [2.24, 2.45) is 5.92 Å². The van der Waals surface area contributed by atoms with Gasteiger partial charge < -0.3 is 5.32 Å². The van der Waals surface area contributed by atoms with Crippen molar-refractivity contribution >= 4 is 60.8 Å². The number of rotatable bonds is 8. The van der Waals surface area contributed by atoms with Gasteiger partial charge in [0.15, 0.2) is 0 Å². The molecule has 2 aromatic carbocycles. The van der Waals surface area contributed by atoms with Crippen LogP contribution < -0.4 is 10.0 Å². The van der Waals surface area contributed by atoms with Crippen LogP contribution in [-0.2, 0) is 30.6 Å². The Labute approximate surface area is 231 Å². The predicted molar refractivity (Wildman–Crippen MR) is 146 cm³/mol. The lowest BCUT2D eigenvalue weighted by Crippen LogP contribution is -2.44. The maximum atomic E-state index is 13.0. The van der Waals surface area contributed by atoms with Crippen molar-refractivity contribution in [3.8, 4) is 0 Å². The van der Waals surface area contributed by atoms with E-state index in [0.717, 1.165) is 0 Å². The molecule has 0 radical (unpaired) electrons. The molecule has 0 bridgehead atoms. The second-order valence-electron chi connectivity index (χ2n) is 8.83. The van der Waals surface area contributed by atoms with E-state index in [1.165, 1.54) is 40.8 Å². The summed E-state index contributed by atoms with van der Waals surface area (Å²) >= 11 is 12.0. The molecule has 1 aliphatic heterocycles. The number of aryl methyl sites for hydroxylation is 1. The van der Waals surface area contributed by atoms with E-state index < -0.39 is 26.0 Å². The van der Waals surface area contributed by atoms with E-state index in [1.807, 2.05) is 0 Å². The maximum absolute atomic E-state index is 13.0. The minimum atomic E-state index is -3.93. The fourth-order valence-electron chi connectivity index (χ4n) is 3.97. The van der Waals surface area contributed by atoms with E-state index in [1.54, 1.807) is 25.1 Å². The molecule has 14 heteroatoms. The topological polar surface area (TPSA) is 138 Å². The number of sulfonamides is 2. The highest BCUT2D eigenvalue weighted by Gasteiger charge is 2.33. The Hall–Kier alpha value is -2.77. The van der Waals surface area contributed by atoms with Crippen LogP contribution in [0.2, 0.25) is 10.0 Å². The van der Waals surface area contributed by atoms with Gasteiger partial charge in [0.05, 0.1) is 16.6 Å². The minimum Gasteiger partial charge on any atom is -0.326 e. The van der Waals surface area contributed by atoms with Crippen LogP contribution in [-0.4, -0.2) is 50.1 Å². The molecule has 3 aromatic rings. The Morgan fingerprint density at radius 1 is 1.08 bits per heavy atom. The Morgan fingerprint density at radius 2 is 1.82 bits per heavy atom. The van der Waals surface area contributed by atoms with E-state index in [2.05, 4.69) is 20.0 Å². The van der Waals surface area contributed by atoms with Crippen LogP contribution in [0, 0.1) is 12.8 Å². The minimum absolute atomic E-state index is 0.0311. The van der Waals surface area contributed by atoms with Gasteiger partial charge in [-0.05, 0) is 67.8 Å². The fourth-order valence-corrected chi connectivity index (χ4v) is 7.12. The second-order valence-corrected chi connectivity index (χ2v) is 13.3. The van der Waals surface area contributed by atoms with Crippen molar-refractivity contribution in [2.45, 2.75) is 30.4 Å². The number of hydrogen-bond acceptors (Lipinski definition) is 7. The zero-order valence-corrected chi connectivity index (χ0v) is 23.4. The summed E-state index contributed by atoms with van der Waals surface area (Å²) in [5.74, 6) is -1.26. The Kier molecular flexibility index (Phi) is 8.58. The number of halogens is 2. The van der Waals surface area contributed by atoms with Crippen LogP contribution in [0.5, 0.6) is 0 Å². The van der Waals surface area contributed by atoms with Gasteiger partial charge in [-0.2, -0.15) is 0 Å². The molecule has 2 N–H and O–H groups in total. The van der Waals surface area contributed by atoms with E-state index in [4.69, 9.17) is 23.2 Å². The summed E-state index contributed by atoms with van der Waals surface area (Å²) < 4.78 is 55.0. The van der Waals surface area contributed by atoms with Gasteiger partial charge in [0.2, 0.25) is 21.9 Å². The molecule has 0 spiro atoms. The normalized spacial score (nSPS) is 16.7. The third-order valence-corrected chi connectivity index (χ3v) is 9.68. The molecule has 1 fully saturated rings. The van der Waals surface area contributed by atoms with Gasteiger partial charge in [-0.3, -0.25) is 4.79 Å². The average Bonchev–Trinajstić information content (AvgIpc) is 2.86. The molecule has 1 unspecified atom stereocenters. The molecule has 1 aliphatic rings. The molecule has 0 aliphatic carbocycles. The quantitative estimate of drug-likeness (QED) is 0.399. The van der Waals surface area contributed by atoms with Gasteiger partial charge in [0.1, 0.15) is 0 Å². The standard InChI is InChI=1S/C24H25Cl2N5O5S2/c1-16-10-11-27-24(28-16)30-38(35,36)21-8-6-20(7-9-21)29-23(32)17-3-2-12-31(14-17)37(33,34)15-18-4-5-19(25)13-22(18)26/h4-11,13,17H,2-3,12,14-15H2,1H3,(H,29,32)(H,27,28,30). The number of benzene rings is 2. The zero-order valence-electron chi connectivity index (χ0n) is 20.3. The number of nitrogens with zero attached hydrogens (tertiary/aromatic N) is 3.